The van der Waals surface area contributed by atoms with Crippen LogP contribution in [0.3, 0.4) is 0 Å². The maximum absolute atomic E-state index is 5.66. The average molecular weight is 303 g/mol. The van der Waals surface area contributed by atoms with Gasteiger partial charge in [0, 0.05) is 11.4 Å². The number of aryl methyl sites for hydroxylation is 1. The normalized spacial score (nSPS) is 12.5. The van der Waals surface area contributed by atoms with Crippen molar-refractivity contribution in [2.24, 2.45) is 5.92 Å². The quantitative estimate of drug-likeness (QED) is 0.495. The summed E-state index contributed by atoms with van der Waals surface area (Å²) < 4.78 is 5.66. The second-order valence-corrected chi connectivity index (χ2v) is 6.61. The van der Waals surface area contributed by atoms with Crippen molar-refractivity contribution in [1.82, 2.24) is 5.32 Å². The Morgan fingerprint density at radius 2 is 2.19 bits per heavy atom. The lowest BCUT2D eigenvalue weighted by Crippen LogP contribution is -2.16. The van der Waals surface area contributed by atoms with Crippen LogP contribution in [0, 0.1) is 12.8 Å². The van der Waals surface area contributed by atoms with E-state index in [1.807, 2.05) is 25.1 Å². The number of rotatable bonds is 9. The molecule has 0 spiro atoms. The van der Waals surface area contributed by atoms with Crippen LogP contribution in [0.25, 0.3) is 10.6 Å². The minimum absolute atomic E-state index is 0.764. The molecule has 2 aromatic rings. The van der Waals surface area contributed by atoms with Crippen LogP contribution >= 0.6 is 11.3 Å². The summed E-state index contributed by atoms with van der Waals surface area (Å²) >= 11 is 1.80. The Kier molecular flexibility index (Phi) is 6.27. The van der Waals surface area contributed by atoms with E-state index in [4.69, 9.17) is 4.42 Å². The first kappa shape index (κ1) is 16.1. The van der Waals surface area contributed by atoms with Gasteiger partial charge in [-0.1, -0.05) is 19.4 Å². The molecule has 0 bridgehead atoms. The number of furan rings is 1. The summed E-state index contributed by atoms with van der Waals surface area (Å²) in [5.41, 5.74) is 0. The third-order valence-electron chi connectivity index (χ3n) is 3.75. The minimum atomic E-state index is 0.764. The van der Waals surface area contributed by atoms with Crippen LogP contribution in [-0.2, 0) is 6.54 Å². The maximum Gasteiger partial charge on any atom is 0.144 e. The summed E-state index contributed by atoms with van der Waals surface area (Å²) in [6, 6.07) is 8.38. The van der Waals surface area contributed by atoms with E-state index in [1.54, 1.807) is 11.3 Å². The van der Waals surface area contributed by atoms with Crippen molar-refractivity contribution in [3.63, 3.8) is 0 Å². The second-order valence-electron chi connectivity index (χ2n) is 5.44. The van der Waals surface area contributed by atoms with E-state index in [2.05, 4.69) is 31.0 Å². The molecule has 0 fully saturated rings. The van der Waals surface area contributed by atoms with Gasteiger partial charge in [0.1, 0.15) is 11.5 Å². The summed E-state index contributed by atoms with van der Waals surface area (Å²) in [5.74, 6) is 2.70. The van der Waals surface area contributed by atoms with Crippen LogP contribution in [0.5, 0.6) is 0 Å². The smallest absolute Gasteiger partial charge is 0.144 e. The van der Waals surface area contributed by atoms with Gasteiger partial charge in [0.2, 0.25) is 0 Å². The van der Waals surface area contributed by atoms with E-state index in [0.717, 1.165) is 36.9 Å². The molecule has 21 heavy (non-hydrogen) atoms. The highest BCUT2D eigenvalue weighted by Crippen LogP contribution is 2.29. The van der Waals surface area contributed by atoms with Crippen molar-refractivity contribution in [1.29, 1.82) is 0 Å². The van der Waals surface area contributed by atoms with Crippen LogP contribution in [0.2, 0.25) is 0 Å². The van der Waals surface area contributed by atoms with E-state index >= 15 is 0 Å². The van der Waals surface area contributed by atoms with E-state index < -0.39 is 0 Å². The van der Waals surface area contributed by atoms with E-state index in [0.29, 0.717) is 0 Å². The van der Waals surface area contributed by atoms with Crippen molar-refractivity contribution in [2.75, 3.05) is 6.54 Å². The molecule has 2 aromatic heterocycles. The molecule has 1 N–H and O–H groups in total. The minimum Gasteiger partial charge on any atom is -0.461 e. The number of thiophene rings is 1. The van der Waals surface area contributed by atoms with Gasteiger partial charge in [0.05, 0.1) is 4.88 Å². The third kappa shape index (κ3) is 4.87. The number of hydrogen-bond donors (Lipinski definition) is 1. The molecule has 1 atom stereocenters. The summed E-state index contributed by atoms with van der Waals surface area (Å²) in [6.07, 6.45) is 5.61. The molecule has 1 unspecified atom stereocenters. The van der Waals surface area contributed by atoms with Gasteiger partial charge in [-0.25, -0.2) is 0 Å². The third-order valence-corrected chi connectivity index (χ3v) is 4.85. The molecule has 114 valence electrons. The highest BCUT2D eigenvalue weighted by Gasteiger charge is 2.07. The van der Waals surface area contributed by atoms with Gasteiger partial charge in [-0.3, -0.25) is 0 Å². The van der Waals surface area contributed by atoms with Crippen molar-refractivity contribution in [2.45, 2.75) is 39.7 Å². The Morgan fingerprint density at radius 1 is 1.33 bits per heavy atom. The first-order valence-electron chi connectivity index (χ1n) is 7.70. The first-order chi connectivity index (χ1) is 10.2. The molecule has 0 aromatic carbocycles. The van der Waals surface area contributed by atoms with E-state index in [1.165, 1.54) is 22.6 Å². The fourth-order valence-electron chi connectivity index (χ4n) is 2.41. The summed E-state index contributed by atoms with van der Waals surface area (Å²) in [6.45, 7) is 10.1. The highest BCUT2D eigenvalue weighted by molar-refractivity contribution is 7.15. The SMILES string of the molecule is C=CCC(CC)CCNCc1ccc(-c2ccc(C)o2)s1. The van der Waals surface area contributed by atoms with Gasteiger partial charge >= 0.3 is 0 Å². The molecule has 3 heteroatoms. The average Bonchev–Trinajstić information content (AvgIpc) is 3.11. The molecule has 0 aliphatic heterocycles. The summed E-state index contributed by atoms with van der Waals surface area (Å²) in [7, 11) is 0. The zero-order chi connectivity index (χ0) is 15.1. The predicted octanol–water partition coefficient (Wildman–Crippen LogP) is 5.40. The van der Waals surface area contributed by atoms with E-state index in [-0.39, 0.29) is 0 Å². The predicted molar refractivity (Wildman–Crippen MR) is 91.7 cm³/mol. The van der Waals surface area contributed by atoms with Crippen molar-refractivity contribution in [3.8, 4) is 10.6 Å². The molecule has 2 rings (SSSR count). The Labute approximate surface area is 131 Å². The monoisotopic (exact) mass is 303 g/mol. The second kappa shape index (κ2) is 8.20. The Bertz CT molecular complexity index is 555. The van der Waals surface area contributed by atoms with Gasteiger partial charge in [-0.05, 0) is 56.5 Å². The van der Waals surface area contributed by atoms with E-state index in [9.17, 15) is 0 Å². The van der Waals surface area contributed by atoms with Gasteiger partial charge in [-0.15, -0.1) is 17.9 Å². The molecule has 0 saturated carbocycles. The highest BCUT2D eigenvalue weighted by atomic mass is 32.1. The Hall–Kier alpha value is -1.32. The van der Waals surface area contributed by atoms with Crippen LogP contribution in [0.15, 0.2) is 41.3 Å². The van der Waals surface area contributed by atoms with Crippen molar-refractivity contribution in [3.05, 3.63) is 47.6 Å². The van der Waals surface area contributed by atoms with Crippen molar-refractivity contribution >= 4 is 11.3 Å². The van der Waals surface area contributed by atoms with Crippen LogP contribution in [0.1, 0.15) is 36.8 Å². The molecule has 0 aliphatic carbocycles. The van der Waals surface area contributed by atoms with Crippen LogP contribution in [0.4, 0.5) is 0 Å². The number of allylic oxidation sites excluding steroid dienone is 1. The lowest BCUT2D eigenvalue weighted by atomic mass is 9.99. The largest absolute Gasteiger partial charge is 0.461 e. The zero-order valence-electron chi connectivity index (χ0n) is 13.0. The molecule has 0 amide bonds. The molecular weight excluding hydrogens is 278 g/mol. The molecule has 0 radical (unpaired) electrons. The fraction of sp³-hybridized carbons (Fsp3) is 0.444. The first-order valence-corrected chi connectivity index (χ1v) is 8.51. The Morgan fingerprint density at radius 3 is 2.86 bits per heavy atom. The molecular formula is C18H25NOS. The maximum atomic E-state index is 5.66. The van der Waals surface area contributed by atoms with Gasteiger partial charge in [0.15, 0.2) is 0 Å². The molecule has 0 saturated heterocycles. The Balaban J connectivity index is 1.77. The standard InChI is InChI=1S/C18H25NOS/c1-4-6-15(5-2)11-12-19-13-16-8-10-18(21-16)17-9-7-14(3)20-17/h4,7-10,15,19H,1,5-6,11-13H2,2-3H3. The lowest BCUT2D eigenvalue weighted by Gasteiger charge is -2.12. The molecule has 2 nitrogen and oxygen atoms in total. The van der Waals surface area contributed by atoms with Gasteiger partial charge in [0.25, 0.3) is 0 Å². The molecule has 0 aliphatic rings. The van der Waals surface area contributed by atoms with Gasteiger partial charge in [-0.2, -0.15) is 0 Å². The molecule has 2 heterocycles. The van der Waals surface area contributed by atoms with Crippen molar-refractivity contribution < 1.29 is 4.42 Å². The van der Waals surface area contributed by atoms with Crippen LogP contribution in [-0.4, -0.2) is 6.54 Å². The van der Waals surface area contributed by atoms with Gasteiger partial charge < -0.3 is 9.73 Å². The summed E-state index contributed by atoms with van der Waals surface area (Å²) in [5, 5.41) is 3.54. The fourth-order valence-corrected chi connectivity index (χ4v) is 3.35. The number of hydrogen-bond acceptors (Lipinski definition) is 3. The zero-order valence-corrected chi connectivity index (χ0v) is 13.8. The topological polar surface area (TPSA) is 25.2 Å². The van der Waals surface area contributed by atoms with Crippen LogP contribution < -0.4 is 5.32 Å². The number of nitrogens with one attached hydrogen (secondary N) is 1. The summed E-state index contributed by atoms with van der Waals surface area (Å²) in [4.78, 5) is 2.56. The lowest BCUT2D eigenvalue weighted by molar-refractivity contribution is 0.456.